The molecule has 1 amide bonds. The first-order valence-electron chi connectivity index (χ1n) is 8.77. The number of halogens is 1. The average molecular weight is 357 g/mol. The molecule has 5 nitrogen and oxygen atoms in total. The summed E-state index contributed by atoms with van der Waals surface area (Å²) in [5, 5.41) is 1.53. The smallest absolute Gasteiger partial charge is 0.270 e. The molecule has 0 bridgehead atoms. The van der Waals surface area contributed by atoms with Crippen LogP contribution in [-0.4, -0.2) is 38.8 Å². The molecule has 3 aromatic heterocycles. The monoisotopic (exact) mass is 356 g/mol. The number of aromatic amines is 2. The zero-order valence-corrected chi connectivity index (χ0v) is 14.9. The van der Waals surface area contributed by atoms with Crippen molar-refractivity contribution >= 4 is 28.5 Å². The summed E-state index contributed by atoms with van der Waals surface area (Å²) in [5.41, 5.74) is 3.20. The zero-order valence-electron chi connectivity index (χ0n) is 14.2. The van der Waals surface area contributed by atoms with Crippen molar-refractivity contribution < 1.29 is 4.79 Å². The molecule has 3 aromatic rings. The molecule has 4 rings (SSSR count). The third-order valence-electron chi connectivity index (χ3n) is 4.70. The van der Waals surface area contributed by atoms with Crippen LogP contribution in [0.25, 0.3) is 22.2 Å². The van der Waals surface area contributed by atoms with Gasteiger partial charge in [-0.1, -0.05) is 18.5 Å². The lowest BCUT2D eigenvalue weighted by molar-refractivity contribution is 0.0742. The second-order valence-corrected chi connectivity index (χ2v) is 7.12. The Hall–Kier alpha value is -2.27. The lowest BCUT2D eigenvalue weighted by atomic mass is 10.1. The topological polar surface area (TPSA) is 64.8 Å². The van der Waals surface area contributed by atoms with Gasteiger partial charge in [0.1, 0.15) is 11.3 Å². The number of nitrogens with zero attached hydrogens (tertiary/aromatic N) is 2. The molecular weight excluding hydrogens is 336 g/mol. The molecule has 2 N–H and O–H groups in total. The van der Waals surface area contributed by atoms with Crippen LogP contribution in [0.2, 0.25) is 5.02 Å². The Balaban J connectivity index is 1.65. The van der Waals surface area contributed by atoms with Crippen LogP contribution in [-0.2, 0) is 0 Å². The first-order valence-corrected chi connectivity index (χ1v) is 9.14. The normalized spacial score (nSPS) is 14.2. The summed E-state index contributed by atoms with van der Waals surface area (Å²) in [6.45, 7) is 3.76. The maximum atomic E-state index is 12.9. The van der Waals surface area contributed by atoms with Crippen molar-refractivity contribution in [2.24, 2.45) is 5.92 Å². The molecule has 1 saturated carbocycles. The Labute approximate surface area is 151 Å². The highest BCUT2D eigenvalue weighted by molar-refractivity contribution is 6.34. The van der Waals surface area contributed by atoms with Crippen LogP contribution in [0.4, 0.5) is 0 Å². The first-order chi connectivity index (χ1) is 12.2. The molecule has 0 atom stereocenters. The number of carbonyl (C=O) groups excluding carboxylic acids is 1. The SMILES string of the molecule is CCCN(CC1CC1)C(=O)c1cc(-c2c(Cl)cnc3[nH]ccc23)c[nH]1. The van der Waals surface area contributed by atoms with Crippen LogP contribution in [0.5, 0.6) is 0 Å². The maximum Gasteiger partial charge on any atom is 0.270 e. The summed E-state index contributed by atoms with van der Waals surface area (Å²) < 4.78 is 0. The molecular formula is C19H21ClN4O. The van der Waals surface area contributed by atoms with Crippen molar-refractivity contribution in [3.05, 3.63) is 41.4 Å². The molecule has 0 radical (unpaired) electrons. The van der Waals surface area contributed by atoms with Crippen molar-refractivity contribution in [1.82, 2.24) is 19.9 Å². The van der Waals surface area contributed by atoms with Gasteiger partial charge in [0.05, 0.1) is 5.02 Å². The fourth-order valence-corrected chi connectivity index (χ4v) is 3.53. The van der Waals surface area contributed by atoms with Crippen molar-refractivity contribution in [3.63, 3.8) is 0 Å². The lowest BCUT2D eigenvalue weighted by Crippen LogP contribution is -2.33. The van der Waals surface area contributed by atoms with Gasteiger partial charge in [0, 0.05) is 48.2 Å². The minimum absolute atomic E-state index is 0.0653. The molecule has 0 spiro atoms. The van der Waals surface area contributed by atoms with Crippen molar-refractivity contribution in [1.29, 1.82) is 0 Å². The van der Waals surface area contributed by atoms with Crippen LogP contribution < -0.4 is 0 Å². The predicted molar refractivity (Wildman–Crippen MR) is 99.8 cm³/mol. The summed E-state index contributed by atoms with van der Waals surface area (Å²) in [6.07, 6.45) is 8.77. The van der Waals surface area contributed by atoms with E-state index in [2.05, 4.69) is 21.9 Å². The third kappa shape index (κ3) is 3.16. The molecule has 1 aliphatic carbocycles. The van der Waals surface area contributed by atoms with Gasteiger partial charge in [-0.3, -0.25) is 4.79 Å². The number of carbonyl (C=O) groups is 1. The highest BCUT2D eigenvalue weighted by Crippen LogP contribution is 2.34. The summed E-state index contributed by atoms with van der Waals surface area (Å²) in [5.74, 6) is 0.745. The van der Waals surface area contributed by atoms with Gasteiger partial charge in [-0.15, -0.1) is 0 Å². The number of nitrogens with one attached hydrogen (secondary N) is 2. The van der Waals surface area contributed by atoms with Crippen LogP contribution in [0.1, 0.15) is 36.7 Å². The molecule has 0 aliphatic heterocycles. The number of fused-ring (bicyclic) bond motifs is 1. The Morgan fingerprint density at radius 1 is 1.40 bits per heavy atom. The van der Waals surface area contributed by atoms with Crippen molar-refractivity contribution in [2.45, 2.75) is 26.2 Å². The Bertz CT molecular complexity index is 909. The first kappa shape index (κ1) is 16.2. The molecule has 0 aromatic carbocycles. The number of hydrogen-bond donors (Lipinski definition) is 2. The number of H-pyrrole nitrogens is 2. The largest absolute Gasteiger partial charge is 0.357 e. The van der Waals surface area contributed by atoms with Gasteiger partial charge in [0.15, 0.2) is 0 Å². The van der Waals surface area contributed by atoms with E-state index in [1.807, 2.05) is 29.4 Å². The van der Waals surface area contributed by atoms with E-state index in [1.54, 1.807) is 6.20 Å². The summed E-state index contributed by atoms with van der Waals surface area (Å²) >= 11 is 6.39. The number of pyridine rings is 1. The van der Waals surface area contributed by atoms with E-state index in [1.165, 1.54) is 12.8 Å². The van der Waals surface area contributed by atoms with E-state index >= 15 is 0 Å². The molecule has 130 valence electrons. The van der Waals surface area contributed by atoms with Gasteiger partial charge in [-0.25, -0.2) is 4.98 Å². The number of aromatic nitrogens is 3. The van der Waals surface area contributed by atoms with Crippen LogP contribution >= 0.6 is 11.6 Å². The zero-order chi connectivity index (χ0) is 17.4. The summed E-state index contributed by atoms with van der Waals surface area (Å²) in [7, 11) is 0. The van der Waals surface area contributed by atoms with E-state index < -0.39 is 0 Å². The van der Waals surface area contributed by atoms with Crippen molar-refractivity contribution in [2.75, 3.05) is 13.1 Å². The highest BCUT2D eigenvalue weighted by atomic mass is 35.5. The molecule has 1 fully saturated rings. The number of hydrogen-bond acceptors (Lipinski definition) is 2. The quantitative estimate of drug-likeness (QED) is 0.684. The number of rotatable bonds is 6. The second kappa shape index (κ2) is 6.56. The van der Waals surface area contributed by atoms with Crippen molar-refractivity contribution in [3.8, 4) is 11.1 Å². The predicted octanol–water partition coefficient (Wildman–Crippen LogP) is 4.47. The average Bonchev–Trinajstić information content (AvgIpc) is 3.10. The Morgan fingerprint density at radius 2 is 2.24 bits per heavy atom. The van der Waals surface area contributed by atoms with Gasteiger partial charge in [0.25, 0.3) is 5.91 Å². The molecule has 25 heavy (non-hydrogen) atoms. The van der Waals surface area contributed by atoms with E-state index in [0.717, 1.165) is 41.7 Å². The highest BCUT2D eigenvalue weighted by Gasteiger charge is 2.27. The molecule has 3 heterocycles. The van der Waals surface area contributed by atoms with Crippen LogP contribution in [0.15, 0.2) is 30.7 Å². The molecule has 1 aliphatic rings. The summed E-state index contributed by atoms with van der Waals surface area (Å²) in [6, 6.07) is 3.85. The van der Waals surface area contributed by atoms with E-state index in [4.69, 9.17) is 11.6 Å². The molecule has 0 saturated heterocycles. The van der Waals surface area contributed by atoms with E-state index in [0.29, 0.717) is 16.6 Å². The van der Waals surface area contributed by atoms with E-state index in [9.17, 15) is 4.79 Å². The molecule has 0 unspecified atom stereocenters. The van der Waals surface area contributed by atoms with Gasteiger partial charge < -0.3 is 14.9 Å². The third-order valence-corrected chi connectivity index (χ3v) is 4.99. The fraction of sp³-hybridized carbons (Fsp3) is 0.368. The van der Waals surface area contributed by atoms with Crippen LogP contribution in [0.3, 0.4) is 0 Å². The number of amides is 1. The molecule has 6 heteroatoms. The van der Waals surface area contributed by atoms with Gasteiger partial charge in [-0.05, 0) is 37.3 Å². The lowest BCUT2D eigenvalue weighted by Gasteiger charge is -2.21. The second-order valence-electron chi connectivity index (χ2n) is 6.72. The Kier molecular flexibility index (Phi) is 4.25. The van der Waals surface area contributed by atoms with Gasteiger partial charge >= 0.3 is 0 Å². The fourth-order valence-electron chi connectivity index (χ4n) is 3.27. The summed E-state index contributed by atoms with van der Waals surface area (Å²) in [4.78, 5) is 25.4. The minimum atomic E-state index is 0.0653. The minimum Gasteiger partial charge on any atom is -0.357 e. The van der Waals surface area contributed by atoms with E-state index in [-0.39, 0.29) is 5.91 Å². The van der Waals surface area contributed by atoms with Gasteiger partial charge in [0.2, 0.25) is 0 Å². The van der Waals surface area contributed by atoms with Gasteiger partial charge in [-0.2, -0.15) is 0 Å². The maximum absolute atomic E-state index is 12.9. The van der Waals surface area contributed by atoms with Crippen LogP contribution in [0, 0.1) is 5.92 Å². The Morgan fingerprint density at radius 3 is 3.00 bits per heavy atom. The standard InChI is InChI=1S/C19H21ClN4O/c1-2-7-24(11-12-3-4-12)19(25)16-8-13(9-22-16)17-14-5-6-21-18(14)23-10-15(17)20/h5-6,8-10,12,22H,2-4,7,11H2,1H3,(H,21,23).